The summed E-state index contributed by atoms with van der Waals surface area (Å²) in [5, 5.41) is 5.32. The molecule has 0 saturated heterocycles. The number of hydrogen-bond acceptors (Lipinski definition) is 1. The first-order valence-corrected chi connectivity index (χ1v) is 8.16. The first-order valence-electron chi connectivity index (χ1n) is 8.16. The largest absolute Gasteiger partial charge is 0.356 e. The van der Waals surface area contributed by atoms with Gasteiger partial charge in [-0.25, -0.2) is 0 Å². The second-order valence-electron chi connectivity index (χ2n) is 5.92. The van der Waals surface area contributed by atoms with Crippen LogP contribution >= 0.6 is 0 Å². The Labute approximate surface area is 142 Å². The summed E-state index contributed by atoms with van der Waals surface area (Å²) in [5.41, 5.74) is 4.75. The van der Waals surface area contributed by atoms with Gasteiger partial charge in [-0.05, 0) is 51.6 Å². The highest BCUT2D eigenvalue weighted by atomic mass is 16.1. The van der Waals surface area contributed by atoms with Crippen LogP contribution in [0.5, 0.6) is 0 Å². The van der Waals surface area contributed by atoms with Crippen LogP contribution in [0.25, 0.3) is 28.0 Å². The van der Waals surface area contributed by atoms with E-state index in [0.29, 0.717) is 6.54 Å². The van der Waals surface area contributed by atoms with Gasteiger partial charge < -0.3 is 5.32 Å². The van der Waals surface area contributed by atoms with Crippen LogP contribution in [-0.4, -0.2) is 12.5 Å². The molecule has 0 aliphatic carbocycles. The molecule has 120 valence electrons. The number of fused-ring (bicyclic) bond motifs is 1. The third-order valence-electron chi connectivity index (χ3n) is 4.18. The smallest absolute Gasteiger partial charge is 0.216 e. The van der Waals surface area contributed by atoms with Crippen molar-refractivity contribution in [2.45, 2.75) is 13.3 Å². The molecule has 3 rings (SSSR count). The second kappa shape index (κ2) is 7.14. The van der Waals surface area contributed by atoms with Gasteiger partial charge >= 0.3 is 0 Å². The number of rotatable bonds is 5. The Morgan fingerprint density at radius 1 is 1.04 bits per heavy atom. The van der Waals surface area contributed by atoms with Gasteiger partial charge in [0.05, 0.1) is 0 Å². The summed E-state index contributed by atoms with van der Waals surface area (Å²) in [5.74, 6) is 0.00491. The molecule has 0 saturated carbocycles. The monoisotopic (exact) mass is 315 g/mol. The summed E-state index contributed by atoms with van der Waals surface area (Å²) < 4.78 is 0. The van der Waals surface area contributed by atoms with Crippen LogP contribution < -0.4 is 5.32 Å². The van der Waals surface area contributed by atoms with Crippen LogP contribution in [-0.2, 0) is 11.2 Å². The molecule has 1 amide bonds. The molecule has 0 radical (unpaired) electrons. The standard InChI is InChI=1S/C22H21NO/c1-3-17-9-10-19-14-21(18-7-5-4-6-8-18)15-20(22(19)13-17)11-12-23-16(2)24/h3-10,13-15H,1,11-12H2,2H3,(H,23,24). The number of nitrogens with one attached hydrogen (secondary N) is 1. The maximum Gasteiger partial charge on any atom is 0.216 e. The first-order chi connectivity index (χ1) is 11.7. The molecule has 0 heterocycles. The Morgan fingerprint density at radius 3 is 2.54 bits per heavy atom. The van der Waals surface area contributed by atoms with Gasteiger partial charge in [-0.2, -0.15) is 0 Å². The lowest BCUT2D eigenvalue weighted by Crippen LogP contribution is -2.22. The normalized spacial score (nSPS) is 10.5. The summed E-state index contributed by atoms with van der Waals surface area (Å²) in [4.78, 5) is 11.2. The number of hydrogen-bond donors (Lipinski definition) is 1. The number of carbonyl (C=O) groups excluding carboxylic acids is 1. The minimum absolute atomic E-state index is 0.00491. The summed E-state index contributed by atoms with van der Waals surface area (Å²) >= 11 is 0. The van der Waals surface area contributed by atoms with Gasteiger partial charge in [0.1, 0.15) is 0 Å². The molecule has 0 aromatic heterocycles. The molecule has 0 unspecified atom stereocenters. The fourth-order valence-corrected chi connectivity index (χ4v) is 2.96. The lowest BCUT2D eigenvalue weighted by atomic mass is 9.94. The van der Waals surface area contributed by atoms with E-state index >= 15 is 0 Å². The van der Waals surface area contributed by atoms with Gasteiger partial charge in [0.2, 0.25) is 5.91 Å². The number of benzene rings is 3. The van der Waals surface area contributed by atoms with Crippen LogP contribution in [0.15, 0.2) is 67.2 Å². The minimum atomic E-state index is 0.00491. The summed E-state index contributed by atoms with van der Waals surface area (Å²) in [6, 6.07) is 21.2. The van der Waals surface area contributed by atoms with E-state index < -0.39 is 0 Å². The molecule has 1 N–H and O–H groups in total. The van der Waals surface area contributed by atoms with E-state index in [0.717, 1.165) is 12.0 Å². The molecular weight excluding hydrogens is 294 g/mol. The molecule has 0 fully saturated rings. The highest BCUT2D eigenvalue weighted by Gasteiger charge is 2.07. The lowest BCUT2D eigenvalue weighted by Gasteiger charge is -2.12. The van der Waals surface area contributed by atoms with Crippen molar-refractivity contribution in [3.05, 3.63) is 78.4 Å². The zero-order valence-electron chi connectivity index (χ0n) is 13.9. The van der Waals surface area contributed by atoms with Crippen molar-refractivity contribution in [2.75, 3.05) is 6.54 Å². The predicted octanol–water partition coefficient (Wildman–Crippen LogP) is 4.83. The fraction of sp³-hybridized carbons (Fsp3) is 0.136. The van der Waals surface area contributed by atoms with Crippen LogP contribution in [0.3, 0.4) is 0 Å². The summed E-state index contributed by atoms with van der Waals surface area (Å²) in [6.45, 7) is 6.05. The molecule has 0 aliphatic rings. The van der Waals surface area contributed by atoms with Crippen molar-refractivity contribution in [3.8, 4) is 11.1 Å². The van der Waals surface area contributed by atoms with E-state index in [-0.39, 0.29) is 5.91 Å². The Hall–Kier alpha value is -2.87. The predicted molar refractivity (Wildman–Crippen MR) is 102 cm³/mol. The minimum Gasteiger partial charge on any atom is -0.356 e. The van der Waals surface area contributed by atoms with Crippen molar-refractivity contribution in [2.24, 2.45) is 0 Å². The first kappa shape index (κ1) is 16.0. The van der Waals surface area contributed by atoms with E-state index in [1.54, 1.807) is 6.92 Å². The molecule has 0 spiro atoms. The van der Waals surface area contributed by atoms with Crippen molar-refractivity contribution in [1.82, 2.24) is 5.32 Å². The molecule has 0 aliphatic heterocycles. The molecule has 0 atom stereocenters. The summed E-state index contributed by atoms with van der Waals surface area (Å²) in [7, 11) is 0. The van der Waals surface area contributed by atoms with Crippen molar-refractivity contribution >= 4 is 22.8 Å². The van der Waals surface area contributed by atoms with Crippen molar-refractivity contribution in [1.29, 1.82) is 0 Å². The van der Waals surface area contributed by atoms with E-state index in [2.05, 4.69) is 66.5 Å². The van der Waals surface area contributed by atoms with Gasteiger partial charge in [0.25, 0.3) is 0 Å². The number of carbonyl (C=O) groups is 1. The van der Waals surface area contributed by atoms with Crippen LogP contribution in [0.1, 0.15) is 18.1 Å². The summed E-state index contributed by atoms with van der Waals surface area (Å²) in [6.07, 6.45) is 2.67. The molecule has 2 nitrogen and oxygen atoms in total. The van der Waals surface area contributed by atoms with E-state index in [4.69, 9.17) is 0 Å². The number of amides is 1. The Morgan fingerprint density at radius 2 is 1.83 bits per heavy atom. The van der Waals surface area contributed by atoms with Crippen LogP contribution in [0, 0.1) is 0 Å². The van der Waals surface area contributed by atoms with Gasteiger partial charge in [-0.3, -0.25) is 4.79 Å². The van der Waals surface area contributed by atoms with E-state index in [1.165, 1.54) is 27.5 Å². The van der Waals surface area contributed by atoms with Crippen LogP contribution in [0.4, 0.5) is 0 Å². The molecule has 2 heteroatoms. The SMILES string of the molecule is C=Cc1ccc2cc(-c3ccccc3)cc(CCNC(C)=O)c2c1. The third-order valence-corrected chi connectivity index (χ3v) is 4.18. The van der Waals surface area contributed by atoms with Gasteiger partial charge in [-0.15, -0.1) is 0 Å². The molecular formula is C22H21NO. The molecule has 3 aromatic carbocycles. The zero-order valence-corrected chi connectivity index (χ0v) is 13.9. The Bertz CT molecular complexity index is 881. The average molecular weight is 315 g/mol. The Balaban J connectivity index is 2.08. The average Bonchev–Trinajstić information content (AvgIpc) is 2.61. The fourth-order valence-electron chi connectivity index (χ4n) is 2.96. The highest BCUT2D eigenvalue weighted by Crippen LogP contribution is 2.29. The van der Waals surface area contributed by atoms with Gasteiger partial charge in [0.15, 0.2) is 0 Å². The molecule has 0 bridgehead atoms. The van der Waals surface area contributed by atoms with E-state index in [9.17, 15) is 4.79 Å². The topological polar surface area (TPSA) is 29.1 Å². The quantitative estimate of drug-likeness (QED) is 0.718. The van der Waals surface area contributed by atoms with Crippen molar-refractivity contribution < 1.29 is 4.79 Å². The van der Waals surface area contributed by atoms with Gasteiger partial charge in [0, 0.05) is 13.5 Å². The lowest BCUT2D eigenvalue weighted by molar-refractivity contribution is -0.118. The second-order valence-corrected chi connectivity index (χ2v) is 5.92. The third kappa shape index (κ3) is 3.54. The maximum atomic E-state index is 11.2. The zero-order chi connectivity index (χ0) is 16.9. The maximum absolute atomic E-state index is 11.2. The highest BCUT2D eigenvalue weighted by molar-refractivity contribution is 5.92. The Kier molecular flexibility index (Phi) is 4.76. The van der Waals surface area contributed by atoms with Gasteiger partial charge in [-0.1, -0.05) is 61.2 Å². The van der Waals surface area contributed by atoms with Crippen LogP contribution in [0.2, 0.25) is 0 Å². The molecule has 3 aromatic rings. The van der Waals surface area contributed by atoms with E-state index in [1.807, 2.05) is 12.1 Å². The molecule has 24 heavy (non-hydrogen) atoms. The van der Waals surface area contributed by atoms with Crippen molar-refractivity contribution in [3.63, 3.8) is 0 Å².